The summed E-state index contributed by atoms with van der Waals surface area (Å²) in [6.45, 7) is 18.2. The molecule has 0 radical (unpaired) electrons. The van der Waals surface area contributed by atoms with Gasteiger partial charge in [-0.05, 0) is 105 Å². The maximum Gasteiger partial charge on any atom is 0.339 e. The van der Waals surface area contributed by atoms with Gasteiger partial charge in [0.1, 0.15) is 42.2 Å². The van der Waals surface area contributed by atoms with Crippen LogP contribution in [-0.2, 0) is 62.4 Å². The van der Waals surface area contributed by atoms with Crippen molar-refractivity contribution in [2.75, 3.05) is 33.0 Å². The minimum Gasteiger partial charge on any atom is -0.478 e. The lowest BCUT2D eigenvalue weighted by atomic mass is 9.92. The zero-order valence-electron chi connectivity index (χ0n) is 45.3. The third-order valence-electron chi connectivity index (χ3n) is 12.0. The standard InChI is InChI=1S/C56H65N3O19/c1-13-56(12,78-45(64)35(4)5)33-76-55(10,11)43(61)36-20-14-16-22-38(36)46(65)72-29-26-57-50(69)58(27-30-73-47(66)39-23-17-15-21-37(39)44(62)63)52(71)59(51(57)70)28-31-74-48(67)40-24-18-19-25-41(40)49(68)77-53(6,7)32-75-54(8,9)42(60)34(2)3/h14-25H,2,4,13,26-33H2,1,3,5-12H3,(H,62,63). The van der Waals surface area contributed by atoms with Crippen molar-refractivity contribution in [3.05, 3.63) is 162 Å². The molecule has 418 valence electrons. The van der Waals surface area contributed by atoms with Gasteiger partial charge in [-0.2, -0.15) is 0 Å². The second kappa shape index (κ2) is 26.1. The van der Waals surface area contributed by atoms with Crippen molar-refractivity contribution in [2.24, 2.45) is 0 Å². The summed E-state index contributed by atoms with van der Waals surface area (Å²) in [5.74, 6) is -7.27. The predicted octanol–water partition coefficient (Wildman–Crippen LogP) is 5.58. The van der Waals surface area contributed by atoms with E-state index in [4.69, 9.17) is 33.2 Å². The summed E-state index contributed by atoms with van der Waals surface area (Å²) in [4.78, 5) is 146. The van der Waals surface area contributed by atoms with Crippen LogP contribution in [0.25, 0.3) is 0 Å². The van der Waals surface area contributed by atoms with Crippen LogP contribution in [0.5, 0.6) is 0 Å². The van der Waals surface area contributed by atoms with E-state index in [1.54, 1.807) is 27.7 Å². The van der Waals surface area contributed by atoms with Gasteiger partial charge in [-0.25, -0.2) is 56.9 Å². The Morgan fingerprint density at radius 3 is 1.24 bits per heavy atom. The number of Topliss-reactive ketones (excluding diaryl/α,β-unsaturated/α-hetero) is 2. The quantitative estimate of drug-likeness (QED) is 0.0314. The van der Waals surface area contributed by atoms with Crippen molar-refractivity contribution in [3.63, 3.8) is 0 Å². The van der Waals surface area contributed by atoms with E-state index < -0.39 is 121 Å². The number of carboxylic acid groups (broad SMARTS) is 1. The molecule has 0 amide bonds. The summed E-state index contributed by atoms with van der Waals surface area (Å²) < 4.78 is 40.7. The average molecular weight is 1080 g/mol. The number of carboxylic acids is 1. The molecule has 4 rings (SSSR count). The molecular weight excluding hydrogens is 1020 g/mol. The van der Waals surface area contributed by atoms with E-state index in [1.165, 1.54) is 114 Å². The van der Waals surface area contributed by atoms with Crippen LogP contribution in [0.2, 0.25) is 0 Å². The average Bonchev–Trinajstić information content (AvgIpc) is 3.39. The molecule has 1 N–H and O–H groups in total. The lowest BCUT2D eigenvalue weighted by Gasteiger charge is -2.33. The smallest absolute Gasteiger partial charge is 0.339 e. The summed E-state index contributed by atoms with van der Waals surface area (Å²) in [5, 5.41) is 9.56. The van der Waals surface area contributed by atoms with Crippen LogP contribution in [0, 0.1) is 0 Å². The molecule has 1 atom stereocenters. The fourth-order valence-electron chi connectivity index (χ4n) is 7.23. The third-order valence-corrected chi connectivity index (χ3v) is 12.0. The number of hydrogen-bond acceptors (Lipinski definition) is 18. The molecule has 0 saturated carbocycles. The predicted molar refractivity (Wildman–Crippen MR) is 280 cm³/mol. The van der Waals surface area contributed by atoms with E-state index in [9.17, 15) is 57.8 Å². The van der Waals surface area contributed by atoms with Gasteiger partial charge in [-0.15, -0.1) is 0 Å². The van der Waals surface area contributed by atoms with Crippen LogP contribution < -0.4 is 17.1 Å². The maximum atomic E-state index is 14.0. The minimum absolute atomic E-state index is 0.112. The molecule has 0 aliphatic rings. The van der Waals surface area contributed by atoms with E-state index in [2.05, 4.69) is 13.2 Å². The Balaban J connectivity index is 1.58. The normalized spacial score (nSPS) is 12.3. The van der Waals surface area contributed by atoms with Gasteiger partial charge in [-0.3, -0.25) is 9.59 Å². The first-order chi connectivity index (χ1) is 36.4. The minimum atomic E-state index is -1.58. The van der Waals surface area contributed by atoms with Gasteiger partial charge in [0.15, 0.2) is 11.6 Å². The molecule has 1 heterocycles. The summed E-state index contributed by atoms with van der Waals surface area (Å²) in [6, 6.07) is 16.2. The number of benzene rings is 3. The van der Waals surface area contributed by atoms with Gasteiger partial charge < -0.3 is 38.3 Å². The summed E-state index contributed by atoms with van der Waals surface area (Å²) in [6.07, 6.45) is 0.323. The number of esters is 5. The number of aromatic nitrogens is 3. The number of hydrogen-bond donors (Lipinski definition) is 1. The lowest BCUT2D eigenvalue weighted by Crippen LogP contribution is -2.55. The van der Waals surface area contributed by atoms with Crippen LogP contribution in [0.3, 0.4) is 0 Å². The number of carbonyl (C=O) groups excluding carboxylic acids is 7. The fraction of sp³-hybridized carbons (Fsp3) is 0.411. The second-order valence-electron chi connectivity index (χ2n) is 19.8. The van der Waals surface area contributed by atoms with Crippen LogP contribution in [-0.4, -0.2) is 122 Å². The van der Waals surface area contributed by atoms with Gasteiger partial charge in [0.05, 0.1) is 60.7 Å². The topological polar surface area (TPSA) is 287 Å². The van der Waals surface area contributed by atoms with Gasteiger partial charge in [-0.1, -0.05) is 62.5 Å². The Bertz CT molecular complexity index is 3190. The van der Waals surface area contributed by atoms with Gasteiger partial charge in [0.2, 0.25) is 0 Å². The first-order valence-corrected chi connectivity index (χ1v) is 24.5. The third kappa shape index (κ3) is 15.9. The molecule has 3 aromatic carbocycles. The van der Waals surface area contributed by atoms with E-state index in [0.29, 0.717) is 20.1 Å². The number of rotatable bonds is 28. The molecule has 0 spiro atoms. The molecule has 22 nitrogen and oxygen atoms in total. The van der Waals surface area contributed by atoms with Crippen molar-refractivity contribution in [3.8, 4) is 0 Å². The van der Waals surface area contributed by atoms with Gasteiger partial charge in [0, 0.05) is 11.1 Å². The molecule has 0 aliphatic carbocycles. The van der Waals surface area contributed by atoms with E-state index >= 15 is 0 Å². The van der Waals surface area contributed by atoms with Crippen LogP contribution in [0.4, 0.5) is 0 Å². The molecule has 4 aromatic rings. The summed E-state index contributed by atoms with van der Waals surface area (Å²) in [5.41, 5.74) is -10.1. The molecule has 0 aliphatic heterocycles. The van der Waals surface area contributed by atoms with Crippen LogP contribution in [0.15, 0.2) is 111 Å². The largest absolute Gasteiger partial charge is 0.478 e. The molecule has 0 fully saturated rings. The Kier molecular flexibility index (Phi) is 20.8. The number of aromatic carboxylic acids is 1. The van der Waals surface area contributed by atoms with Crippen molar-refractivity contribution in [1.29, 1.82) is 0 Å². The Labute approximate surface area is 449 Å². The van der Waals surface area contributed by atoms with Crippen molar-refractivity contribution >= 4 is 47.4 Å². The Morgan fingerprint density at radius 1 is 0.500 bits per heavy atom. The zero-order valence-corrected chi connectivity index (χ0v) is 45.3. The first-order valence-electron chi connectivity index (χ1n) is 24.5. The number of ketones is 2. The highest BCUT2D eigenvalue weighted by atomic mass is 16.6. The summed E-state index contributed by atoms with van der Waals surface area (Å²) >= 11 is 0. The highest BCUT2D eigenvalue weighted by molar-refractivity contribution is 6.10. The number of nitrogens with zero attached hydrogens (tertiary/aromatic N) is 3. The van der Waals surface area contributed by atoms with Gasteiger partial charge in [0.25, 0.3) is 0 Å². The van der Waals surface area contributed by atoms with Crippen molar-refractivity contribution in [1.82, 2.24) is 13.7 Å². The first kappa shape index (κ1) is 62.2. The molecule has 1 aromatic heterocycles. The molecular formula is C56H65N3O19. The number of ether oxygens (including phenoxy) is 7. The van der Waals surface area contributed by atoms with E-state index in [-0.39, 0.29) is 63.5 Å². The maximum absolute atomic E-state index is 14.0. The highest BCUT2D eigenvalue weighted by Crippen LogP contribution is 2.26. The SMILES string of the molecule is C=C(C)C(=O)OC(C)(CC)COC(C)(C)C(=O)c1ccccc1C(=O)OCCn1c(=O)n(CCOC(=O)c2ccccc2C(=O)O)c(=O)n(CCOC(=O)c2ccccc2C(=O)OC(C)(C)COC(C)(C)C(=O)C(=C)C)c1=O. The molecule has 0 saturated heterocycles. The summed E-state index contributed by atoms with van der Waals surface area (Å²) in [7, 11) is 0. The lowest BCUT2D eigenvalue weighted by molar-refractivity contribution is -0.164. The second-order valence-corrected chi connectivity index (χ2v) is 19.8. The molecule has 1 unspecified atom stereocenters. The monoisotopic (exact) mass is 1080 g/mol. The van der Waals surface area contributed by atoms with Crippen molar-refractivity contribution in [2.45, 2.75) is 118 Å². The van der Waals surface area contributed by atoms with Gasteiger partial charge >= 0.3 is 52.9 Å². The Morgan fingerprint density at radius 2 is 0.859 bits per heavy atom. The van der Waals surface area contributed by atoms with Crippen LogP contribution >= 0.6 is 0 Å². The molecule has 78 heavy (non-hydrogen) atoms. The van der Waals surface area contributed by atoms with E-state index in [1.807, 2.05) is 0 Å². The zero-order chi connectivity index (χ0) is 58.5. The van der Waals surface area contributed by atoms with Crippen molar-refractivity contribution < 1.29 is 76.6 Å². The highest BCUT2D eigenvalue weighted by Gasteiger charge is 2.38. The molecule has 22 heteroatoms. The van der Waals surface area contributed by atoms with E-state index in [0.717, 1.165) is 0 Å². The number of carbonyl (C=O) groups is 8. The van der Waals surface area contributed by atoms with Crippen LogP contribution in [0.1, 0.15) is 138 Å². The fourth-order valence-corrected chi connectivity index (χ4v) is 7.23. The molecule has 0 bridgehead atoms. The Hall–Kier alpha value is -8.37.